The molecule has 12 heteroatoms. The van der Waals surface area contributed by atoms with Crippen LogP contribution in [-0.2, 0) is 37.6 Å². The molecule has 1 saturated heterocycles. The molecule has 0 bridgehead atoms. The van der Waals surface area contributed by atoms with E-state index in [4.69, 9.17) is 18.1 Å². The van der Waals surface area contributed by atoms with Gasteiger partial charge in [0, 0.05) is 24.2 Å². The topological polar surface area (TPSA) is 103 Å². The van der Waals surface area contributed by atoms with Crippen molar-refractivity contribution in [1.29, 1.82) is 0 Å². The first kappa shape index (κ1) is 25.5. The minimum absolute atomic E-state index is 0.0192. The summed E-state index contributed by atoms with van der Waals surface area (Å²) in [6.45, 7) is 6.51. The van der Waals surface area contributed by atoms with Gasteiger partial charge in [0.2, 0.25) is 5.91 Å². The number of benzene rings is 1. The van der Waals surface area contributed by atoms with Crippen LogP contribution in [0.3, 0.4) is 0 Å². The van der Waals surface area contributed by atoms with Crippen molar-refractivity contribution in [3.8, 4) is 0 Å². The molecule has 1 N–H and O–H groups in total. The Bertz CT molecular complexity index is 925. The standard InChI is InChI=1S/C20H31FN2O7P2/c1-6-27-31(25,28-7-2)19(32(26,29-8-3)30-9-4)13-20(23(5)14-19)16-12-15(21)10-11-17(16)22-18(20)24/h10-12H,6-9,13-14H2,1-5H3,(H,22,24). The van der Waals surface area contributed by atoms with Crippen LogP contribution in [0.5, 0.6) is 0 Å². The summed E-state index contributed by atoms with van der Waals surface area (Å²) in [6.07, 6.45) is -0.257. The summed E-state index contributed by atoms with van der Waals surface area (Å²) < 4.78 is 65.5. The van der Waals surface area contributed by atoms with E-state index in [-0.39, 0.29) is 39.4 Å². The van der Waals surface area contributed by atoms with Crippen LogP contribution >= 0.6 is 15.2 Å². The quantitative estimate of drug-likeness (QED) is 0.475. The monoisotopic (exact) mass is 492 g/mol. The maximum absolute atomic E-state index is 14.3. The molecule has 1 aromatic rings. The molecule has 0 aliphatic carbocycles. The Morgan fingerprint density at radius 1 is 1.00 bits per heavy atom. The molecule has 0 saturated carbocycles. The third-order valence-electron chi connectivity index (χ3n) is 5.95. The fourth-order valence-electron chi connectivity index (χ4n) is 4.74. The number of anilines is 1. The number of likely N-dealkylation sites (tertiary alicyclic amines) is 1. The van der Waals surface area contributed by atoms with E-state index < -0.39 is 37.4 Å². The Morgan fingerprint density at radius 3 is 1.97 bits per heavy atom. The summed E-state index contributed by atoms with van der Waals surface area (Å²) in [5.41, 5.74) is -0.652. The Balaban J connectivity index is 2.30. The fraction of sp³-hybridized carbons (Fsp3) is 0.650. The van der Waals surface area contributed by atoms with Crippen molar-refractivity contribution in [3.63, 3.8) is 0 Å². The van der Waals surface area contributed by atoms with Gasteiger partial charge in [0.25, 0.3) is 0 Å². The van der Waals surface area contributed by atoms with E-state index in [2.05, 4.69) is 5.32 Å². The van der Waals surface area contributed by atoms with Gasteiger partial charge in [-0.25, -0.2) is 4.39 Å². The molecule has 1 fully saturated rings. The van der Waals surface area contributed by atoms with Crippen molar-refractivity contribution in [2.75, 3.05) is 45.3 Å². The summed E-state index contributed by atoms with van der Waals surface area (Å²) in [7, 11) is -6.72. The van der Waals surface area contributed by atoms with Gasteiger partial charge in [0.05, 0.1) is 26.4 Å². The maximum Gasteiger partial charge on any atom is 0.350 e. The zero-order valence-electron chi connectivity index (χ0n) is 19.1. The Labute approximate surface area is 188 Å². The van der Waals surface area contributed by atoms with Gasteiger partial charge in [-0.2, -0.15) is 0 Å². The first-order chi connectivity index (χ1) is 15.1. The van der Waals surface area contributed by atoms with Crippen molar-refractivity contribution in [3.05, 3.63) is 29.6 Å². The van der Waals surface area contributed by atoms with Crippen molar-refractivity contribution in [2.45, 2.75) is 44.6 Å². The number of carbonyl (C=O) groups excluding carboxylic acids is 1. The highest BCUT2D eigenvalue weighted by Gasteiger charge is 2.75. The smallest absolute Gasteiger partial charge is 0.324 e. The second kappa shape index (κ2) is 9.26. The molecule has 9 nitrogen and oxygen atoms in total. The van der Waals surface area contributed by atoms with Gasteiger partial charge in [-0.05, 0) is 52.9 Å². The van der Waals surface area contributed by atoms with Crippen molar-refractivity contribution in [1.82, 2.24) is 4.90 Å². The molecule has 1 aromatic carbocycles. The Morgan fingerprint density at radius 2 is 1.50 bits per heavy atom. The largest absolute Gasteiger partial charge is 0.350 e. The van der Waals surface area contributed by atoms with Gasteiger partial charge in [-0.1, -0.05) is 0 Å². The second-order valence-electron chi connectivity index (χ2n) is 7.69. The molecule has 1 spiro atoms. The number of nitrogens with one attached hydrogen (secondary N) is 1. The Hall–Kier alpha value is -1.12. The Kier molecular flexibility index (Phi) is 7.38. The third-order valence-corrected chi connectivity index (χ3v) is 12.4. The molecule has 2 heterocycles. The van der Waals surface area contributed by atoms with Crippen LogP contribution in [0.15, 0.2) is 18.2 Å². The van der Waals surface area contributed by atoms with E-state index in [9.17, 15) is 18.3 Å². The summed E-state index contributed by atoms with van der Waals surface area (Å²) in [6, 6.07) is 3.98. The SMILES string of the molecule is CCOP(=O)(OCC)C1(P(=O)(OCC)OCC)CN(C)C2(C1)C(=O)Nc1ccc(F)cc12. The summed E-state index contributed by atoms with van der Waals surface area (Å²) in [5, 5.41) is 2.77. The summed E-state index contributed by atoms with van der Waals surface area (Å²) in [5.74, 6) is -0.970. The van der Waals surface area contributed by atoms with Crippen LogP contribution in [0.25, 0.3) is 0 Å². The molecule has 1 atom stereocenters. The van der Waals surface area contributed by atoms with Crippen molar-refractivity contribution < 1.29 is 36.4 Å². The first-order valence-electron chi connectivity index (χ1n) is 10.7. The number of carbonyl (C=O) groups is 1. The van der Waals surface area contributed by atoms with Crippen molar-refractivity contribution in [2.24, 2.45) is 0 Å². The van der Waals surface area contributed by atoms with E-state index in [1.54, 1.807) is 39.6 Å². The lowest BCUT2D eigenvalue weighted by Gasteiger charge is -2.39. The molecule has 3 rings (SSSR count). The highest BCUT2D eigenvalue weighted by atomic mass is 31.2. The van der Waals surface area contributed by atoms with Crippen LogP contribution in [0.2, 0.25) is 0 Å². The van der Waals surface area contributed by atoms with Crippen LogP contribution < -0.4 is 5.32 Å². The molecule has 180 valence electrons. The van der Waals surface area contributed by atoms with E-state index in [0.29, 0.717) is 11.3 Å². The molecule has 2 aliphatic rings. The van der Waals surface area contributed by atoms with E-state index in [1.165, 1.54) is 18.2 Å². The van der Waals surface area contributed by atoms with Gasteiger partial charge in [-0.15, -0.1) is 0 Å². The molecule has 32 heavy (non-hydrogen) atoms. The first-order valence-corrected chi connectivity index (χ1v) is 13.8. The van der Waals surface area contributed by atoms with E-state index >= 15 is 0 Å². The average molecular weight is 492 g/mol. The summed E-state index contributed by atoms with van der Waals surface area (Å²) in [4.78, 5) is 13.1. The number of hydrogen-bond acceptors (Lipinski definition) is 8. The van der Waals surface area contributed by atoms with E-state index in [1.807, 2.05) is 0 Å². The predicted molar refractivity (Wildman–Crippen MR) is 118 cm³/mol. The van der Waals surface area contributed by atoms with E-state index in [0.717, 1.165) is 0 Å². The predicted octanol–water partition coefficient (Wildman–Crippen LogP) is 4.54. The number of hydrogen-bond donors (Lipinski definition) is 1. The minimum Gasteiger partial charge on any atom is -0.324 e. The van der Waals surface area contributed by atoms with Crippen LogP contribution in [-0.4, -0.2) is 55.7 Å². The van der Waals surface area contributed by atoms with Gasteiger partial charge in [-0.3, -0.25) is 18.8 Å². The molecule has 1 unspecified atom stereocenters. The average Bonchev–Trinajstić information content (AvgIpc) is 3.20. The highest BCUT2D eigenvalue weighted by Crippen LogP contribution is 2.82. The number of halogens is 1. The zero-order chi connectivity index (χ0) is 23.8. The lowest BCUT2D eigenvalue weighted by molar-refractivity contribution is -0.125. The third kappa shape index (κ3) is 3.61. The van der Waals surface area contributed by atoms with Gasteiger partial charge in [0.15, 0.2) is 4.90 Å². The maximum atomic E-state index is 14.3. The number of rotatable bonds is 10. The van der Waals surface area contributed by atoms with Crippen LogP contribution in [0.1, 0.15) is 39.7 Å². The molecular weight excluding hydrogens is 461 g/mol. The summed E-state index contributed by atoms with van der Waals surface area (Å²) >= 11 is 0. The lowest BCUT2D eigenvalue weighted by Crippen LogP contribution is -2.44. The lowest BCUT2D eigenvalue weighted by atomic mass is 9.88. The van der Waals surface area contributed by atoms with Gasteiger partial charge < -0.3 is 23.4 Å². The molecule has 1 amide bonds. The van der Waals surface area contributed by atoms with Crippen LogP contribution in [0, 0.1) is 5.82 Å². The minimum atomic E-state index is -4.17. The normalized spacial score (nSPS) is 23.0. The second-order valence-corrected chi connectivity index (χ2v) is 12.8. The molecule has 0 aromatic heterocycles. The zero-order valence-corrected chi connectivity index (χ0v) is 20.8. The number of amides is 1. The van der Waals surface area contributed by atoms with Crippen LogP contribution in [0.4, 0.5) is 10.1 Å². The van der Waals surface area contributed by atoms with Gasteiger partial charge in [0.1, 0.15) is 11.4 Å². The highest BCUT2D eigenvalue weighted by molar-refractivity contribution is 7.74. The molecular formula is C20H31FN2O7P2. The molecule has 2 aliphatic heterocycles. The van der Waals surface area contributed by atoms with Crippen molar-refractivity contribution >= 4 is 26.8 Å². The van der Waals surface area contributed by atoms with Gasteiger partial charge >= 0.3 is 15.2 Å². The fourth-order valence-corrected chi connectivity index (χ4v) is 10.7. The number of nitrogens with zero attached hydrogens (tertiary/aromatic N) is 1. The number of fused-ring (bicyclic) bond motifs is 2. The molecule has 0 radical (unpaired) electrons. The number of likely N-dealkylation sites (N-methyl/N-ethyl adjacent to an activating group) is 1.